The van der Waals surface area contributed by atoms with Crippen LogP contribution < -0.4 is 0 Å². The Morgan fingerprint density at radius 3 is 1.92 bits per heavy atom. The van der Waals surface area contributed by atoms with E-state index >= 15 is 0 Å². The number of rotatable bonds is 4. The zero-order valence-electron chi connectivity index (χ0n) is 12.8. The molecule has 0 aromatic heterocycles. The molecule has 0 spiro atoms. The van der Waals surface area contributed by atoms with E-state index in [1.807, 2.05) is 54.6 Å². The van der Waals surface area contributed by atoms with Crippen LogP contribution in [0.1, 0.15) is 11.1 Å². The molecule has 0 saturated heterocycles. The van der Waals surface area contributed by atoms with Gasteiger partial charge in [0.15, 0.2) is 0 Å². The summed E-state index contributed by atoms with van der Waals surface area (Å²) in [5.41, 5.74) is 1.48. The minimum atomic E-state index is -3.63. The first kappa shape index (κ1) is 16.7. The Kier molecular flexibility index (Phi) is 4.97. The summed E-state index contributed by atoms with van der Waals surface area (Å²) in [6.45, 7) is 0. The van der Waals surface area contributed by atoms with Crippen LogP contribution in [-0.4, -0.2) is 8.42 Å². The fourth-order valence-corrected chi connectivity index (χ4v) is 4.28. The van der Waals surface area contributed by atoms with E-state index < -0.39 is 9.84 Å². The number of halogens is 1. The number of benzene rings is 3. The molecule has 2 nitrogen and oxygen atoms in total. The molecule has 24 heavy (non-hydrogen) atoms. The standard InChI is InChI=1S/C20H15BrO2S/c21-19-14-8-7-11-17(19)15-20(16-9-3-1-4-10-16)24(22,23)18-12-5-2-6-13-18/h1-15H/b20-15+. The fraction of sp³-hybridized carbons (Fsp3) is 0. The number of sulfone groups is 1. The number of hydrogen-bond acceptors (Lipinski definition) is 2. The number of hydrogen-bond donors (Lipinski definition) is 0. The van der Waals surface area contributed by atoms with E-state index in [9.17, 15) is 8.42 Å². The minimum Gasteiger partial charge on any atom is -0.218 e. The van der Waals surface area contributed by atoms with E-state index in [0.717, 1.165) is 10.0 Å². The normalized spacial score (nSPS) is 12.1. The monoisotopic (exact) mass is 398 g/mol. The summed E-state index contributed by atoms with van der Waals surface area (Å²) in [6.07, 6.45) is 1.71. The highest BCUT2D eigenvalue weighted by Crippen LogP contribution is 2.31. The molecule has 0 fully saturated rings. The third-order valence-corrected chi connectivity index (χ3v) is 6.14. The lowest BCUT2D eigenvalue weighted by molar-refractivity contribution is 0.606. The highest BCUT2D eigenvalue weighted by atomic mass is 79.9. The highest BCUT2D eigenvalue weighted by Gasteiger charge is 2.22. The van der Waals surface area contributed by atoms with E-state index in [2.05, 4.69) is 15.9 Å². The lowest BCUT2D eigenvalue weighted by Crippen LogP contribution is -2.04. The molecular weight excluding hydrogens is 384 g/mol. The molecule has 3 aromatic rings. The van der Waals surface area contributed by atoms with Crippen LogP contribution in [0.2, 0.25) is 0 Å². The van der Waals surface area contributed by atoms with Gasteiger partial charge in [0.1, 0.15) is 0 Å². The van der Waals surface area contributed by atoms with Gasteiger partial charge in [-0.1, -0.05) is 82.7 Å². The quantitative estimate of drug-likeness (QED) is 0.549. The molecular formula is C20H15BrO2S. The van der Waals surface area contributed by atoms with Crippen molar-refractivity contribution in [1.29, 1.82) is 0 Å². The lowest BCUT2D eigenvalue weighted by Gasteiger charge is -2.11. The Labute approximate surface area is 150 Å². The topological polar surface area (TPSA) is 34.1 Å². The van der Waals surface area contributed by atoms with Crippen molar-refractivity contribution in [3.8, 4) is 0 Å². The highest BCUT2D eigenvalue weighted by molar-refractivity contribution is 9.10. The molecule has 0 unspecified atom stereocenters. The molecule has 3 aromatic carbocycles. The zero-order valence-corrected chi connectivity index (χ0v) is 15.2. The largest absolute Gasteiger partial charge is 0.218 e. The van der Waals surface area contributed by atoms with Crippen molar-refractivity contribution in [2.75, 3.05) is 0 Å². The molecule has 0 amide bonds. The Bertz CT molecular complexity index is 963. The Balaban J connectivity index is 2.23. The zero-order chi connectivity index (χ0) is 17.0. The fourth-order valence-electron chi connectivity index (χ4n) is 2.38. The first-order chi connectivity index (χ1) is 11.6. The van der Waals surface area contributed by atoms with Crippen LogP contribution in [0.25, 0.3) is 11.0 Å². The van der Waals surface area contributed by atoms with Gasteiger partial charge in [-0.15, -0.1) is 0 Å². The van der Waals surface area contributed by atoms with Crippen molar-refractivity contribution in [2.24, 2.45) is 0 Å². The average Bonchev–Trinajstić information content (AvgIpc) is 2.62. The van der Waals surface area contributed by atoms with Gasteiger partial charge in [-0.3, -0.25) is 0 Å². The van der Waals surface area contributed by atoms with Crippen molar-refractivity contribution in [3.63, 3.8) is 0 Å². The maximum atomic E-state index is 13.2. The van der Waals surface area contributed by atoms with Gasteiger partial charge in [-0.2, -0.15) is 0 Å². The predicted molar refractivity (Wildman–Crippen MR) is 102 cm³/mol. The summed E-state index contributed by atoms with van der Waals surface area (Å²) in [4.78, 5) is 0.563. The SMILES string of the molecule is O=S(=O)(/C(=C/c1ccccc1Br)c1ccccc1)c1ccccc1. The van der Waals surface area contributed by atoms with E-state index in [0.29, 0.717) is 5.56 Å². The summed E-state index contributed by atoms with van der Waals surface area (Å²) < 4.78 is 27.2. The Morgan fingerprint density at radius 2 is 1.29 bits per heavy atom. The van der Waals surface area contributed by atoms with Crippen LogP contribution in [0, 0.1) is 0 Å². The summed E-state index contributed by atoms with van der Waals surface area (Å²) >= 11 is 3.48. The smallest absolute Gasteiger partial charge is 0.207 e. The molecule has 3 rings (SSSR count). The van der Waals surface area contributed by atoms with Gasteiger partial charge in [0.25, 0.3) is 0 Å². The summed E-state index contributed by atoms with van der Waals surface area (Å²) in [6, 6.07) is 25.2. The average molecular weight is 399 g/mol. The lowest BCUT2D eigenvalue weighted by atomic mass is 10.1. The van der Waals surface area contributed by atoms with E-state index in [1.165, 1.54) is 0 Å². The molecule has 4 heteroatoms. The second-order valence-corrected chi connectivity index (χ2v) is 7.99. The molecule has 0 aliphatic rings. The van der Waals surface area contributed by atoms with Crippen molar-refractivity contribution in [3.05, 3.63) is 101 Å². The van der Waals surface area contributed by atoms with Gasteiger partial charge in [0, 0.05) is 4.47 Å². The molecule has 0 N–H and O–H groups in total. The molecule has 0 aliphatic heterocycles. The van der Waals surface area contributed by atoms with Gasteiger partial charge in [0.2, 0.25) is 9.84 Å². The maximum Gasteiger partial charge on any atom is 0.207 e. The second-order valence-electron chi connectivity index (χ2n) is 5.21. The van der Waals surface area contributed by atoms with E-state index in [4.69, 9.17) is 0 Å². The van der Waals surface area contributed by atoms with Crippen molar-refractivity contribution in [2.45, 2.75) is 4.90 Å². The molecule has 0 heterocycles. The van der Waals surface area contributed by atoms with Gasteiger partial charge >= 0.3 is 0 Å². The Hall–Kier alpha value is -2.17. The van der Waals surface area contributed by atoms with Crippen LogP contribution >= 0.6 is 15.9 Å². The van der Waals surface area contributed by atoms with Crippen molar-refractivity contribution in [1.82, 2.24) is 0 Å². The van der Waals surface area contributed by atoms with Gasteiger partial charge in [-0.05, 0) is 35.4 Å². The van der Waals surface area contributed by atoms with Crippen molar-refractivity contribution >= 4 is 36.7 Å². The first-order valence-electron chi connectivity index (χ1n) is 7.41. The van der Waals surface area contributed by atoms with Crippen molar-refractivity contribution < 1.29 is 8.42 Å². The van der Waals surface area contributed by atoms with Crippen LogP contribution in [0.3, 0.4) is 0 Å². The molecule has 0 radical (unpaired) electrons. The Morgan fingerprint density at radius 1 is 0.750 bits per heavy atom. The summed E-state index contributed by atoms with van der Waals surface area (Å²) in [5, 5.41) is 0. The van der Waals surface area contributed by atoms with Gasteiger partial charge in [-0.25, -0.2) is 8.42 Å². The molecule has 0 saturated carbocycles. The predicted octanol–water partition coefficient (Wildman–Crippen LogP) is 5.42. The molecule has 0 bridgehead atoms. The van der Waals surface area contributed by atoms with Crippen LogP contribution in [0.5, 0.6) is 0 Å². The van der Waals surface area contributed by atoms with Crippen LogP contribution in [0.4, 0.5) is 0 Å². The molecule has 0 atom stereocenters. The van der Waals surface area contributed by atoms with E-state index in [1.54, 1.807) is 36.4 Å². The molecule has 120 valence electrons. The van der Waals surface area contributed by atoms with Gasteiger partial charge < -0.3 is 0 Å². The van der Waals surface area contributed by atoms with Gasteiger partial charge in [0.05, 0.1) is 9.80 Å². The first-order valence-corrected chi connectivity index (χ1v) is 9.68. The minimum absolute atomic E-state index is 0.279. The molecule has 0 aliphatic carbocycles. The summed E-state index contributed by atoms with van der Waals surface area (Å²) in [5.74, 6) is 0. The van der Waals surface area contributed by atoms with Crippen LogP contribution in [0.15, 0.2) is 94.3 Å². The third-order valence-electron chi connectivity index (χ3n) is 3.59. The van der Waals surface area contributed by atoms with E-state index in [-0.39, 0.29) is 9.80 Å². The second kappa shape index (κ2) is 7.16. The third kappa shape index (κ3) is 3.50. The van der Waals surface area contributed by atoms with Crippen LogP contribution in [-0.2, 0) is 9.84 Å². The summed E-state index contributed by atoms with van der Waals surface area (Å²) in [7, 11) is -3.63. The maximum absolute atomic E-state index is 13.2.